The summed E-state index contributed by atoms with van der Waals surface area (Å²) in [5.74, 6) is -9.86. The molecule has 0 aliphatic heterocycles. The van der Waals surface area contributed by atoms with Crippen molar-refractivity contribution < 1.29 is 60.5 Å². The number of ketones is 1. The second kappa shape index (κ2) is 29.4. The summed E-state index contributed by atoms with van der Waals surface area (Å²) >= 11 is 4.19. The predicted octanol–water partition coefficient (Wildman–Crippen LogP) is 5.03. The van der Waals surface area contributed by atoms with E-state index in [1.165, 1.54) is 0 Å². The number of halogens is 4. The number of carbonyl (C=O) groups excluding carboxylic acids is 5. The van der Waals surface area contributed by atoms with Crippen LogP contribution in [0, 0.1) is 29.2 Å². The van der Waals surface area contributed by atoms with Gasteiger partial charge in [0, 0.05) is 55.5 Å². The number of esters is 1. The molecule has 1 aromatic rings. The summed E-state index contributed by atoms with van der Waals surface area (Å²) in [4.78, 5) is 63.3. The van der Waals surface area contributed by atoms with Gasteiger partial charge >= 0.3 is 5.97 Å². The summed E-state index contributed by atoms with van der Waals surface area (Å²) in [6, 6.07) is 0. The Bertz CT molecular complexity index is 1340. The standard InChI is InChI=1S/C38H60F4N3O9PS/c1-4-5-6-17-43-28(47)10-15-38(14-9-27(46)26(2)3,16-11-29(48)44-18-7-8-25-56)45-30(49)12-19-51-21-23-53-24-22-52-20-13-31(50)54-36-33(40)32(39)34(41)37(55)35(36)42/h26,56H,4-25,55H2,1-3H3,(H,43,47)(H,44,48)(H,45,49). The zero-order valence-corrected chi connectivity index (χ0v) is 34.9. The Kier molecular flexibility index (Phi) is 26.8. The zero-order valence-electron chi connectivity index (χ0n) is 32.8. The molecule has 0 fully saturated rings. The van der Waals surface area contributed by atoms with Crippen LogP contribution in [0.25, 0.3) is 0 Å². The first-order chi connectivity index (χ1) is 26.7. The fourth-order valence-electron chi connectivity index (χ4n) is 5.27. The maximum absolute atomic E-state index is 14.0. The lowest BCUT2D eigenvalue weighted by molar-refractivity contribution is -0.136. The van der Waals surface area contributed by atoms with Crippen molar-refractivity contribution in [2.45, 2.75) is 110 Å². The summed E-state index contributed by atoms with van der Waals surface area (Å²) in [6.45, 7) is 7.02. The second-order valence-electron chi connectivity index (χ2n) is 13.6. The lowest BCUT2D eigenvalue weighted by Gasteiger charge is -2.35. The molecule has 0 heterocycles. The molecule has 0 radical (unpaired) electrons. The Morgan fingerprint density at radius 1 is 0.661 bits per heavy atom. The van der Waals surface area contributed by atoms with Gasteiger partial charge in [0.1, 0.15) is 5.78 Å². The van der Waals surface area contributed by atoms with Crippen molar-refractivity contribution in [1.29, 1.82) is 0 Å². The monoisotopic (exact) mass is 841 g/mol. The van der Waals surface area contributed by atoms with Crippen molar-refractivity contribution in [2.24, 2.45) is 5.92 Å². The molecule has 320 valence electrons. The number of thiol groups is 1. The first-order valence-electron chi connectivity index (χ1n) is 19.2. The molecule has 1 aromatic carbocycles. The predicted molar refractivity (Wildman–Crippen MR) is 210 cm³/mol. The SMILES string of the molecule is CCCCCNC(=O)CCC(CCC(=O)NCCCCS)(CCC(=O)C(C)C)NC(=O)CCOCCOCCOCCC(=O)Oc1c(F)c(F)c(F)c(P)c1F. The summed E-state index contributed by atoms with van der Waals surface area (Å²) in [7, 11) is 1.57. The molecule has 0 aliphatic carbocycles. The van der Waals surface area contributed by atoms with Crippen LogP contribution in [0.15, 0.2) is 0 Å². The third kappa shape index (κ3) is 21.1. The number of benzene rings is 1. The van der Waals surface area contributed by atoms with E-state index in [2.05, 4.69) is 40.2 Å². The van der Waals surface area contributed by atoms with Gasteiger partial charge in [0.2, 0.25) is 29.3 Å². The van der Waals surface area contributed by atoms with E-state index in [1.54, 1.807) is 23.1 Å². The molecular formula is C38H60F4N3O9PS. The third-order valence-corrected chi connectivity index (χ3v) is 9.53. The molecule has 18 heteroatoms. The maximum atomic E-state index is 14.0. The van der Waals surface area contributed by atoms with Crippen LogP contribution in [0.3, 0.4) is 0 Å². The Morgan fingerprint density at radius 2 is 1.18 bits per heavy atom. The molecule has 0 saturated heterocycles. The fraction of sp³-hybridized carbons (Fsp3) is 0.711. The van der Waals surface area contributed by atoms with Crippen molar-refractivity contribution in [3.05, 3.63) is 23.3 Å². The van der Waals surface area contributed by atoms with Gasteiger partial charge in [0.15, 0.2) is 17.5 Å². The molecule has 0 spiro atoms. The number of amides is 3. The molecule has 2 atom stereocenters. The maximum Gasteiger partial charge on any atom is 0.313 e. The number of Topliss-reactive ketones (excluding diaryl/α,β-unsaturated/α-hetero) is 1. The van der Waals surface area contributed by atoms with Crippen LogP contribution in [-0.4, -0.2) is 93.5 Å². The van der Waals surface area contributed by atoms with Crippen LogP contribution in [0.2, 0.25) is 0 Å². The fourth-order valence-corrected chi connectivity index (χ4v) is 5.75. The van der Waals surface area contributed by atoms with E-state index < -0.39 is 52.3 Å². The summed E-state index contributed by atoms with van der Waals surface area (Å²) in [5, 5.41) is 7.96. The van der Waals surface area contributed by atoms with Crippen molar-refractivity contribution in [3.8, 4) is 5.75 Å². The average Bonchev–Trinajstić information content (AvgIpc) is 3.17. The van der Waals surface area contributed by atoms with Gasteiger partial charge in [-0.25, -0.2) is 13.2 Å². The Balaban J connectivity index is 2.60. The van der Waals surface area contributed by atoms with Crippen molar-refractivity contribution in [2.75, 3.05) is 58.5 Å². The lowest BCUT2D eigenvalue weighted by atomic mass is 9.81. The molecule has 0 aliphatic rings. The summed E-state index contributed by atoms with van der Waals surface area (Å²) in [6.07, 6.45) is 5.22. The topological polar surface area (TPSA) is 158 Å². The number of ether oxygens (including phenoxy) is 4. The van der Waals surface area contributed by atoms with Gasteiger partial charge in [-0.1, -0.05) is 42.9 Å². The van der Waals surface area contributed by atoms with Gasteiger partial charge < -0.3 is 34.9 Å². The highest BCUT2D eigenvalue weighted by Crippen LogP contribution is 2.28. The molecule has 3 N–H and O–H groups in total. The molecule has 56 heavy (non-hydrogen) atoms. The van der Waals surface area contributed by atoms with E-state index >= 15 is 0 Å². The van der Waals surface area contributed by atoms with E-state index in [4.69, 9.17) is 14.2 Å². The van der Waals surface area contributed by atoms with Gasteiger partial charge in [0.25, 0.3) is 0 Å². The highest BCUT2D eigenvalue weighted by molar-refractivity contribution is 7.80. The molecule has 1 rings (SSSR count). The number of rotatable bonds is 32. The third-order valence-electron chi connectivity index (χ3n) is 8.71. The zero-order chi connectivity index (χ0) is 41.9. The Labute approximate surface area is 335 Å². The van der Waals surface area contributed by atoms with Crippen molar-refractivity contribution in [1.82, 2.24) is 16.0 Å². The molecule has 0 saturated carbocycles. The van der Waals surface area contributed by atoms with E-state index in [0.717, 1.165) is 32.1 Å². The van der Waals surface area contributed by atoms with Crippen molar-refractivity contribution in [3.63, 3.8) is 0 Å². The van der Waals surface area contributed by atoms with Crippen LogP contribution < -0.4 is 26.0 Å². The Morgan fingerprint density at radius 3 is 1.71 bits per heavy atom. The highest BCUT2D eigenvalue weighted by atomic mass is 32.1. The number of carbonyl (C=O) groups is 5. The number of unbranched alkanes of at least 4 members (excludes halogenated alkanes) is 3. The average molecular weight is 842 g/mol. The van der Waals surface area contributed by atoms with Gasteiger partial charge in [-0.15, -0.1) is 0 Å². The largest absolute Gasteiger partial charge is 0.420 e. The van der Waals surface area contributed by atoms with Gasteiger partial charge in [-0.2, -0.15) is 17.0 Å². The van der Waals surface area contributed by atoms with Crippen LogP contribution in [0.5, 0.6) is 5.75 Å². The minimum absolute atomic E-state index is 0.0162. The van der Waals surface area contributed by atoms with Crippen LogP contribution in [0.1, 0.15) is 104 Å². The molecule has 0 aromatic heterocycles. The van der Waals surface area contributed by atoms with E-state index in [-0.39, 0.29) is 114 Å². The lowest BCUT2D eigenvalue weighted by Crippen LogP contribution is -2.50. The molecular weight excluding hydrogens is 781 g/mol. The molecule has 12 nitrogen and oxygen atoms in total. The van der Waals surface area contributed by atoms with Gasteiger partial charge in [-0.3, -0.25) is 24.0 Å². The minimum Gasteiger partial charge on any atom is -0.420 e. The van der Waals surface area contributed by atoms with E-state index in [9.17, 15) is 41.5 Å². The molecule has 0 bridgehead atoms. The van der Waals surface area contributed by atoms with Crippen LogP contribution in [-0.2, 0) is 38.2 Å². The normalized spacial score (nSPS) is 12.3. The first-order valence-corrected chi connectivity index (χ1v) is 20.4. The molecule has 3 amide bonds. The quantitative estimate of drug-likeness (QED) is 0.0114. The number of hydrogen-bond donors (Lipinski definition) is 4. The van der Waals surface area contributed by atoms with Crippen LogP contribution in [0.4, 0.5) is 17.6 Å². The van der Waals surface area contributed by atoms with Gasteiger partial charge in [0.05, 0.1) is 46.1 Å². The molecule has 2 unspecified atom stereocenters. The van der Waals surface area contributed by atoms with Crippen LogP contribution >= 0.6 is 21.9 Å². The van der Waals surface area contributed by atoms with E-state index in [0.29, 0.717) is 18.8 Å². The number of hydrogen-bond acceptors (Lipinski definition) is 10. The first kappa shape index (κ1) is 51.2. The summed E-state index contributed by atoms with van der Waals surface area (Å²) in [5.41, 5.74) is -0.978. The van der Waals surface area contributed by atoms with Gasteiger partial charge in [-0.05, 0) is 44.3 Å². The van der Waals surface area contributed by atoms with E-state index in [1.807, 2.05) is 0 Å². The number of nitrogens with one attached hydrogen (secondary N) is 3. The van der Waals surface area contributed by atoms with Crippen molar-refractivity contribution >= 4 is 56.6 Å². The smallest absolute Gasteiger partial charge is 0.313 e. The summed E-state index contributed by atoms with van der Waals surface area (Å²) < 4.78 is 75.5. The second-order valence-corrected chi connectivity index (χ2v) is 14.6. The highest BCUT2D eigenvalue weighted by Gasteiger charge is 2.34. The minimum atomic E-state index is -1.97. The Hall–Kier alpha value is -2.85.